The minimum absolute atomic E-state index is 0.0633. The highest BCUT2D eigenvalue weighted by Gasteiger charge is 2.63. The van der Waals surface area contributed by atoms with E-state index in [9.17, 15) is 27.6 Å². The fraction of sp³-hybridized carbons (Fsp3) is 0.500. The van der Waals surface area contributed by atoms with Gasteiger partial charge >= 0.3 is 12.2 Å². The van der Waals surface area contributed by atoms with Gasteiger partial charge in [-0.25, -0.2) is 4.79 Å². The van der Waals surface area contributed by atoms with Crippen LogP contribution in [-0.2, 0) is 26.9 Å². The molecular formula is C18H18F3N3O4. The molecule has 2 fully saturated rings. The second-order valence-electron chi connectivity index (χ2n) is 7.28. The number of amides is 4. The van der Waals surface area contributed by atoms with E-state index < -0.39 is 41.0 Å². The number of benzene rings is 1. The van der Waals surface area contributed by atoms with E-state index in [1.54, 1.807) is 4.90 Å². The van der Waals surface area contributed by atoms with Gasteiger partial charge in [-0.1, -0.05) is 0 Å². The van der Waals surface area contributed by atoms with E-state index in [1.165, 1.54) is 20.2 Å². The van der Waals surface area contributed by atoms with E-state index in [1.807, 2.05) is 0 Å². The first-order valence-corrected chi connectivity index (χ1v) is 8.74. The third-order valence-electron chi connectivity index (χ3n) is 5.83. The molecule has 0 aromatic heterocycles. The third-order valence-corrected chi connectivity index (χ3v) is 5.83. The number of carbonyl (C=O) groups is 3. The summed E-state index contributed by atoms with van der Waals surface area (Å²) in [5.41, 5.74) is -1.75. The zero-order valence-corrected chi connectivity index (χ0v) is 15.2. The molecule has 1 unspecified atom stereocenters. The number of fused-ring (bicyclic) bond motifs is 4. The van der Waals surface area contributed by atoms with Crippen molar-refractivity contribution in [3.63, 3.8) is 0 Å². The van der Waals surface area contributed by atoms with Gasteiger partial charge in [-0.2, -0.15) is 13.2 Å². The largest absolute Gasteiger partial charge is 0.416 e. The van der Waals surface area contributed by atoms with Crippen LogP contribution < -0.4 is 4.90 Å². The number of nitrogens with zero attached hydrogens (tertiary/aromatic N) is 3. The lowest BCUT2D eigenvalue weighted by Gasteiger charge is -2.54. The Morgan fingerprint density at radius 3 is 2.36 bits per heavy atom. The second-order valence-corrected chi connectivity index (χ2v) is 7.28. The quantitative estimate of drug-likeness (QED) is 0.621. The number of rotatable bonds is 0. The van der Waals surface area contributed by atoms with Crippen LogP contribution in [0.5, 0.6) is 0 Å². The maximum absolute atomic E-state index is 13.2. The first-order valence-electron chi connectivity index (χ1n) is 8.74. The molecule has 1 aromatic rings. The van der Waals surface area contributed by atoms with E-state index in [2.05, 4.69) is 0 Å². The van der Waals surface area contributed by atoms with E-state index in [-0.39, 0.29) is 18.6 Å². The molecule has 0 aliphatic carbocycles. The lowest BCUT2D eigenvalue weighted by molar-refractivity contribution is -0.161. The Bertz CT molecular complexity index is 861. The predicted molar refractivity (Wildman–Crippen MR) is 90.5 cm³/mol. The molecule has 4 rings (SSSR count). The molecular weight excluding hydrogens is 379 g/mol. The van der Waals surface area contributed by atoms with Crippen LogP contribution in [0.1, 0.15) is 11.1 Å². The van der Waals surface area contributed by atoms with Gasteiger partial charge in [-0.3, -0.25) is 19.4 Å². The molecule has 0 radical (unpaired) electrons. The highest BCUT2D eigenvalue weighted by molar-refractivity contribution is 6.20. The molecule has 3 aliphatic rings. The number of carbonyl (C=O) groups excluding carboxylic acids is 3. The molecule has 150 valence electrons. The van der Waals surface area contributed by atoms with Crippen molar-refractivity contribution in [2.45, 2.75) is 18.6 Å². The summed E-state index contributed by atoms with van der Waals surface area (Å²) in [6, 6.07) is 1.89. The standard InChI is InChI=1S/C18H18F3N3O4/c1-22-14(25)17(15(26)23(2)16(22)27)8-10-7-11(18(19,20)21)3-4-12(10)24-5-6-28-9-13(17)24/h3-4,7,13H,5-6,8-9H2,1-2H3. The Balaban J connectivity index is 1.91. The van der Waals surface area contributed by atoms with Gasteiger partial charge in [0.15, 0.2) is 5.41 Å². The molecule has 0 bridgehead atoms. The summed E-state index contributed by atoms with van der Waals surface area (Å²) in [5.74, 6) is -1.44. The van der Waals surface area contributed by atoms with Crippen molar-refractivity contribution in [2.24, 2.45) is 5.41 Å². The first kappa shape index (κ1) is 18.7. The predicted octanol–water partition coefficient (Wildman–Crippen LogP) is 1.50. The molecule has 3 heterocycles. The Morgan fingerprint density at radius 2 is 1.75 bits per heavy atom. The van der Waals surface area contributed by atoms with Gasteiger partial charge in [0.1, 0.15) is 0 Å². The Morgan fingerprint density at radius 1 is 1.11 bits per heavy atom. The van der Waals surface area contributed by atoms with Crippen molar-refractivity contribution in [1.82, 2.24) is 9.80 Å². The zero-order valence-electron chi connectivity index (χ0n) is 15.2. The van der Waals surface area contributed by atoms with Crippen LogP contribution in [-0.4, -0.2) is 67.5 Å². The molecule has 10 heteroatoms. The summed E-state index contributed by atoms with van der Waals surface area (Å²) in [6.45, 7) is 0.709. The highest BCUT2D eigenvalue weighted by Crippen LogP contribution is 2.47. The van der Waals surface area contributed by atoms with Crippen molar-refractivity contribution in [2.75, 3.05) is 38.8 Å². The third kappa shape index (κ3) is 2.36. The van der Waals surface area contributed by atoms with Gasteiger partial charge < -0.3 is 9.64 Å². The fourth-order valence-corrected chi connectivity index (χ4v) is 4.43. The summed E-state index contributed by atoms with van der Waals surface area (Å²) in [4.78, 5) is 42.0. The minimum atomic E-state index is -4.55. The van der Waals surface area contributed by atoms with E-state index >= 15 is 0 Å². The zero-order chi connectivity index (χ0) is 20.4. The van der Waals surface area contributed by atoms with Gasteiger partial charge in [-0.15, -0.1) is 0 Å². The van der Waals surface area contributed by atoms with Gasteiger partial charge in [0.05, 0.1) is 24.8 Å². The number of ether oxygens (including phenoxy) is 1. The van der Waals surface area contributed by atoms with Crippen molar-refractivity contribution < 1.29 is 32.3 Å². The molecule has 1 atom stereocenters. The summed E-state index contributed by atoms with van der Waals surface area (Å²) < 4.78 is 45.2. The summed E-state index contributed by atoms with van der Waals surface area (Å²) in [5, 5.41) is 0. The highest BCUT2D eigenvalue weighted by atomic mass is 19.4. The van der Waals surface area contributed by atoms with Crippen molar-refractivity contribution in [1.29, 1.82) is 0 Å². The first-order chi connectivity index (χ1) is 13.1. The molecule has 2 saturated heterocycles. The topological polar surface area (TPSA) is 70.2 Å². The van der Waals surface area contributed by atoms with Gasteiger partial charge in [0, 0.05) is 26.3 Å². The van der Waals surface area contributed by atoms with Crippen LogP contribution in [0, 0.1) is 5.41 Å². The van der Waals surface area contributed by atoms with Crippen LogP contribution >= 0.6 is 0 Å². The van der Waals surface area contributed by atoms with Gasteiger partial charge in [0.2, 0.25) is 11.8 Å². The van der Waals surface area contributed by atoms with Crippen molar-refractivity contribution >= 4 is 23.5 Å². The van der Waals surface area contributed by atoms with E-state index in [4.69, 9.17) is 4.74 Å². The Hall–Kier alpha value is -2.62. The number of imide groups is 2. The fourth-order valence-electron chi connectivity index (χ4n) is 4.43. The van der Waals surface area contributed by atoms with Gasteiger partial charge in [-0.05, 0) is 30.2 Å². The van der Waals surface area contributed by atoms with Crippen molar-refractivity contribution in [3.05, 3.63) is 29.3 Å². The van der Waals surface area contributed by atoms with Gasteiger partial charge in [0.25, 0.3) is 0 Å². The molecule has 1 spiro atoms. The molecule has 7 nitrogen and oxygen atoms in total. The number of hydrogen-bond donors (Lipinski definition) is 0. The number of morpholine rings is 1. The van der Waals surface area contributed by atoms with E-state index in [0.717, 1.165) is 21.9 Å². The number of hydrogen-bond acceptors (Lipinski definition) is 5. The SMILES string of the molecule is CN1C(=O)N(C)C(=O)C2(Cc3cc(C(F)(F)F)ccc3N3CCOCC32)C1=O. The molecule has 0 N–H and O–H groups in total. The Kier molecular flexibility index (Phi) is 3.97. The monoisotopic (exact) mass is 397 g/mol. The normalized spacial score (nSPS) is 24.5. The van der Waals surface area contributed by atoms with Crippen LogP contribution in [0.2, 0.25) is 0 Å². The van der Waals surface area contributed by atoms with Crippen molar-refractivity contribution in [3.8, 4) is 0 Å². The summed E-state index contributed by atoms with van der Waals surface area (Å²) >= 11 is 0. The van der Waals surface area contributed by atoms with Crippen LogP contribution in [0.15, 0.2) is 18.2 Å². The number of halogens is 3. The minimum Gasteiger partial charge on any atom is -0.377 e. The number of barbiturate groups is 1. The maximum atomic E-state index is 13.2. The molecule has 0 saturated carbocycles. The average molecular weight is 397 g/mol. The smallest absolute Gasteiger partial charge is 0.377 e. The molecule has 3 aliphatic heterocycles. The lowest BCUT2D eigenvalue weighted by Crippen LogP contribution is -2.73. The summed E-state index contributed by atoms with van der Waals surface area (Å²) in [7, 11) is 2.54. The average Bonchev–Trinajstić information content (AvgIpc) is 2.68. The number of anilines is 1. The molecule has 28 heavy (non-hydrogen) atoms. The van der Waals surface area contributed by atoms with Crippen LogP contribution in [0.4, 0.5) is 23.7 Å². The second kappa shape index (κ2) is 5.94. The lowest BCUT2D eigenvalue weighted by atomic mass is 9.68. The van der Waals surface area contributed by atoms with Crippen LogP contribution in [0.25, 0.3) is 0 Å². The maximum Gasteiger partial charge on any atom is 0.416 e. The van der Waals surface area contributed by atoms with Crippen LogP contribution in [0.3, 0.4) is 0 Å². The van der Waals surface area contributed by atoms with E-state index in [0.29, 0.717) is 18.8 Å². The number of alkyl halides is 3. The molecule has 1 aromatic carbocycles. The summed E-state index contributed by atoms with van der Waals surface area (Å²) in [6.07, 6.45) is -4.77. The molecule has 4 amide bonds. The number of urea groups is 1. The Labute approximate surface area is 158 Å².